The highest BCUT2D eigenvalue weighted by molar-refractivity contribution is 6.31. The highest BCUT2D eigenvalue weighted by Crippen LogP contribution is 2.26. The second-order valence-electron chi connectivity index (χ2n) is 5.22. The minimum Gasteiger partial charge on any atom is -0.488 e. The smallest absolute Gasteiger partial charge is 0.125 e. The van der Waals surface area contributed by atoms with Gasteiger partial charge in [0.1, 0.15) is 12.4 Å². The van der Waals surface area contributed by atoms with Crippen LogP contribution in [-0.2, 0) is 13.2 Å². The van der Waals surface area contributed by atoms with Crippen molar-refractivity contribution in [3.8, 4) is 5.75 Å². The first-order chi connectivity index (χ1) is 10.1. The van der Waals surface area contributed by atoms with Crippen molar-refractivity contribution < 1.29 is 4.74 Å². The summed E-state index contributed by atoms with van der Waals surface area (Å²) >= 11 is 6.16. The fourth-order valence-electron chi connectivity index (χ4n) is 2.40. The van der Waals surface area contributed by atoms with Gasteiger partial charge < -0.3 is 10.1 Å². The zero-order chi connectivity index (χ0) is 15.2. The Morgan fingerprint density at radius 1 is 1.10 bits per heavy atom. The summed E-state index contributed by atoms with van der Waals surface area (Å²) in [7, 11) is 0. The topological polar surface area (TPSA) is 21.3 Å². The summed E-state index contributed by atoms with van der Waals surface area (Å²) in [5.74, 6) is 0.954. The van der Waals surface area contributed by atoms with Gasteiger partial charge in [-0.15, -0.1) is 0 Å². The van der Waals surface area contributed by atoms with Gasteiger partial charge in [-0.1, -0.05) is 48.9 Å². The third kappa shape index (κ3) is 4.23. The molecule has 2 nitrogen and oxygen atoms in total. The Kier molecular flexibility index (Phi) is 5.66. The molecule has 1 N–H and O–H groups in total. The van der Waals surface area contributed by atoms with Gasteiger partial charge in [0.15, 0.2) is 0 Å². The Morgan fingerprint density at radius 3 is 2.38 bits per heavy atom. The molecule has 112 valence electrons. The van der Waals surface area contributed by atoms with Crippen LogP contribution in [-0.4, -0.2) is 6.54 Å². The van der Waals surface area contributed by atoms with Crippen LogP contribution in [0.15, 0.2) is 36.4 Å². The van der Waals surface area contributed by atoms with Crippen LogP contribution in [0.1, 0.15) is 29.2 Å². The number of ether oxygens (including phenoxy) is 1. The van der Waals surface area contributed by atoms with Gasteiger partial charge in [-0.25, -0.2) is 0 Å². The van der Waals surface area contributed by atoms with E-state index in [1.54, 1.807) is 0 Å². The highest BCUT2D eigenvalue weighted by Gasteiger charge is 2.08. The first-order valence-corrected chi connectivity index (χ1v) is 7.66. The van der Waals surface area contributed by atoms with E-state index in [0.29, 0.717) is 6.61 Å². The molecule has 2 aromatic rings. The molecule has 0 spiro atoms. The highest BCUT2D eigenvalue weighted by atomic mass is 35.5. The molecule has 0 saturated heterocycles. The van der Waals surface area contributed by atoms with Crippen molar-refractivity contribution >= 4 is 11.6 Å². The van der Waals surface area contributed by atoms with Crippen molar-refractivity contribution in [2.45, 2.75) is 33.9 Å². The van der Waals surface area contributed by atoms with Gasteiger partial charge in [0, 0.05) is 17.1 Å². The number of rotatable bonds is 6. The Bertz CT molecular complexity index is 587. The first-order valence-electron chi connectivity index (χ1n) is 7.29. The van der Waals surface area contributed by atoms with Crippen molar-refractivity contribution in [1.82, 2.24) is 5.32 Å². The fraction of sp³-hybridized carbons (Fsp3) is 0.333. The third-order valence-corrected chi connectivity index (χ3v) is 3.80. The molecule has 0 unspecified atom stereocenters. The molecule has 0 aliphatic carbocycles. The number of halogens is 1. The maximum Gasteiger partial charge on any atom is 0.125 e. The average Bonchev–Trinajstić information content (AvgIpc) is 2.46. The largest absolute Gasteiger partial charge is 0.488 e. The fourth-order valence-corrected chi connectivity index (χ4v) is 2.59. The summed E-state index contributed by atoms with van der Waals surface area (Å²) in [6.45, 7) is 8.65. The van der Waals surface area contributed by atoms with E-state index < -0.39 is 0 Å². The van der Waals surface area contributed by atoms with Gasteiger partial charge in [-0.3, -0.25) is 0 Å². The number of nitrogens with one attached hydrogen (secondary N) is 1. The zero-order valence-electron chi connectivity index (χ0n) is 12.9. The molecule has 0 radical (unpaired) electrons. The number of benzene rings is 2. The summed E-state index contributed by atoms with van der Waals surface area (Å²) in [6.07, 6.45) is 0. The predicted molar refractivity (Wildman–Crippen MR) is 89.1 cm³/mol. The van der Waals surface area contributed by atoms with Crippen LogP contribution in [0, 0.1) is 13.8 Å². The van der Waals surface area contributed by atoms with Crippen LogP contribution in [0.4, 0.5) is 0 Å². The molecule has 2 aromatic carbocycles. The Labute approximate surface area is 132 Å². The van der Waals surface area contributed by atoms with E-state index in [4.69, 9.17) is 16.3 Å². The summed E-state index contributed by atoms with van der Waals surface area (Å²) in [5, 5.41) is 4.09. The van der Waals surface area contributed by atoms with Gasteiger partial charge in [0.05, 0.1) is 0 Å². The molecule has 0 fully saturated rings. The predicted octanol–water partition coefficient (Wildman–Crippen LogP) is 4.65. The van der Waals surface area contributed by atoms with E-state index in [9.17, 15) is 0 Å². The molecular weight excluding hydrogens is 282 g/mol. The lowest BCUT2D eigenvalue weighted by Gasteiger charge is -2.15. The molecule has 0 aliphatic heterocycles. The molecule has 0 amide bonds. The van der Waals surface area contributed by atoms with E-state index >= 15 is 0 Å². The molecule has 21 heavy (non-hydrogen) atoms. The van der Waals surface area contributed by atoms with Crippen molar-refractivity contribution in [1.29, 1.82) is 0 Å². The van der Waals surface area contributed by atoms with Crippen LogP contribution >= 0.6 is 11.6 Å². The van der Waals surface area contributed by atoms with Crippen LogP contribution in [0.3, 0.4) is 0 Å². The van der Waals surface area contributed by atoms with Gasteiger partial charge >= 0.3 is 0 Å². The average molecular weight is 304 g/mol. The molecule has 0 heterocycles. The van der Waals surface area contributed by atoms with Crippen molar-refractivity contribution in [3.63, 3.8) is 0 Å². The standard InChI is InChI=1S/C18H22ClNO/c1-4-20-11-15-9-13(2)18(14(3)10-15)21-12-16-7-5-6-8-17(16)19/h5-10,20H,4,11-12H2,1-3H3. The molecule has 3 heteroatoms. The molecule has 0 aromatic heterocycles. The van der Waals surface area contributed by atoms with Crippen LogP contribution in [0.25, 0.3) is 0 Å². The summed E-state index contributed by atoms with van der Waals surface area (Å²) in [4.78, 5) is 0. The quantitative estimate of drug-likeness (QED) is 0.839. The van der Waals surface area contributed by atoms with Crippen molar-refractivity contribution in [2.75, 3.05) is 6.54 Å². The summed E-state index contributed by atoms with van der Waals surface area (Å²) in [5.41, 5.74) is 4.62. The minimum absolute atomic E-state index is 0.494. The van der Waals surface area contributed by atoms with Crippen LogP contribution < -0.4 is 10.1 Å². The van der Waals surface area contributed by atoms with Crippen molar-refractivity contribution in [3.05, 3.63) is 63.7 Å². The molecule has 0 saturated carbocycles. The molecule has 0 atom stereocenters. The lowest BCUT2D eigenvalue weighted by atomic mass is 10.1. The van der Waals surface area contributed by atoms with E-state index in [1.165, 1.54) is 5.56 Å². The van der Waals surface area contributed by atoms with Gasteiger partial charge in [-0.2, -0.15) is 0 Å². The van der Waals surface area contributed by atoms with Crippen molar-refractivity contribution in [2.24, 2.45) is 0 Å². The normalized spacial score (nSPS) is 10.7. The van der Waals surface area contributed by atoms with Crippen LogP contribution in [0.5, 0.6) is 5.75 Å². The second-order valence-corrected chi connectivity index (χ2v) is 5.63. The maximum atomic E-state index is 6.16. The van der Waals surface area contributed by atoms with Gasteiger partial charge in [0.25, 0.3) is 0 Å². The second kappa shape index (κ2) is 7.48. The van der Waals surface area contributed by atoms with E-state index in [-0.39, 0.29) is 0 Å². The van der Waals surface area contributed by atoms with Crippen LogP contribution in [0.2, 0.25) is 5.02 Å². The van der Waals surface area contributed by atoms with E-state index in [2.05, 4.69) is 38.2 Å². The molecule has 0 bridgehead atoms. The van der Waals surface area contributed by atoms with Gasteiger partial charge in [0.2, 0.25) is 0 Å². The minimum atomic E-state index is 0.494. The van der Waals surface area contributed by atoms with Gasteiger partial charge in [-0.05, 0) is 43.1 Å². The molecule has 2 rings (SSSR count). The summed E-state index contributed by atoms with van der Waals surface area (Å²) in [6, 6.07) is 12.1. The monoisotopic (exact) mass is 303 g/mol. The Morgan fingerprint density at radius 2 is 1.76 bits per heavy atom. The maximum absolute atomic E-state index is 6.16. The third-order valence-electron chi connectivity index (χ3n) is 3.43. The SMILES string of the molecule is CCNCc1cc(C)c(OCc2ccccc2Cl)c(C)c1. The lowest BCUT2D eigenvalue weighted by molar-refractivity contribution is 0.302. The van der Waals surface area contributed by atoms with E-state index in [0.717, 1.165) is 40.6 Å². The first kappa shape index (κ1) is 15.9. The zero-order valence-corrected chi connectivity index (χ0v) is 13.6. The Hall–Kier alpha value is -1.51. The molecular formula is C18H22ClNO. The summed E-state index contributed by atoms with van der Waals surface area (Å²) < 4.78 is 5.99. The Balaban J connectivity index is 2.12. The molecule has 0 aliphatic rings. The van der Waals surface area contributed by atoms with E-state index in [1.807, 2.05) is 24.3 Å². The number of hydrogen-bond acceptors (Lipinski definition) is 2. The number of aryl methyl sites for hydroxylation is 2. The number of hydrogen-bond donors (Lipinski definition) is 1. The lowest BCUT2D eigenvalue weighted by Crippen LogP contribution is -2.12.